The Hall–Kier alpha value is -6.90. The van der Waals surface area contributed by atoms with E-state index in [-0.39, 0.29) is 37.4 Å². The van der Waals surface area contributed by atoms with Crippen molar-refractivity contribution in [1.29, 1.82) is 0 Å². The Bertz CT molecular complexity index is 2260. The number of phenolic OH excluding ortho intramolecular Hbond substituents is 1. The first kappa shape index (κ1) is 58.4. The second-order valence-electron chi connectivity index (χ2n) is 18.2. The first-order valence-electron chi connectivity index (χ1n) is 23.1. The molecule has 0 aromatic heterocycles. The molecule has 15 N–H and O–H groups in total. The minimum Gasteiger partial charge on any atom is -0.508 e. The van der Waals surface area contributed by atoms with Crippen LogP contribution in [0.4, 0.5) is 0 Å². The molecule has 0 spiro atoms. The lowest BCUT2D eigenvalue weighted by Crippen LogP contribution is -2.61. The van der Waals surface area contributed by atoms with Crippen molar-refractivity contribution in [2.75, 3.05) is 24.6 Å². The maximum Gasteiger partial charge on any atom is 0.245 e. The Morgan fingerprint density at radius 1 is 0.803 bits per heavy atom. The Labute approximate surface area is 410 Å². The Morgan fingerprint density at radius 3 is 2.01 bits per heavy atom. The zero-order valence-electron chi connectivity index (χ0n) is 40.1. The lowest BCUT2D eigenvalue weighted by Gasteiger charge is -2.31. The lowest BCUT2D eigenvalue weighted by molar-refractivity contribution is -0.143. The molecule has 0 radical (unpaired) electrons. The molecule has 0 saturated carbocycles. The monoisotopic (exact) mass is 1020 g/mol. The zero-order chi connectivity index (χ0) is 53.3. The van der Waals surface area contributed by atoms with Gasteiger partial charge in [0, 0.05) is 32.2 Å². The van der Waals surface area contributed by atoms with E-state index < -0.39 is 186 Å². The smallest absolute Gasteiger partial charge is 0.245 e. The van der Waals surface area contributed by atoms with E-state index in [4.69, 9.17) is 17.2 Å². The third-order valence-corrected chi connectivity index (χ3v) is 13.5. The predicted octanol–water partition coefficient (Wildman–Crippen LogP) is -5.15. The SMILES string of the molecule is CC[C@H](C)[C@@H]1NC(=O)[C@@H](Cc2ccc(O)cc2)NC(=O)CCS(=O)(=O)CC[C@@H](C(=O)N2C[C@H](O)C[C@H]2C(=O)N[C@@H](CC(C)C)C(=O)NCC(N)=O)NC(=O)[C@H](CC(N)=O)NC(=O)[C@H](CCC(N)=O)NC1=O. The fourth-order valence-electron chi connectivity index (χ4n) is 7.75. The Kier molecular flexibility index (Phi) is 22.1. The van der Waals surface area contributed by atoms with Gasteiger partial charge in [-0.15, -0.1) is 0 Å². The minimum atomic E-state index is -4.34. The van der Waals surface area contributed by atoms with Gasteiger partial charge >= 0.3 is 0 Å². The summed E-state index contributed by atoms with van der Waals surface area (Å²) in [4.78, 5) is 148. The number of carbonyl (C=O) groups is 11. The lowest BCUT2D eigenvalue weighted by atomic mass is 9.96. The third-order valence-electron chi connectivity index (χ3n) is 11.8. The van der Waals surface area contributed by atoms with E-state index in [1.165, 1.54) is 24.3 Å². The topological polar surface area (TPSA) is 428 Å². The summed E-state index contributed by atoms with van der Waals surface area (Å²) >= 11 is 0. The van der Waals surface area contributed by atoms with E-state index in [1.54, 1.807) is 27.7 Å². The van der Waals surface area contributed by atoms with Crippen LogP contribution < -0.4 is 54.4 Å². The van der Waals surface area contributed by atoms with Crippen LogP contribution in [0.25, 0.3) is 0 Å². The number of amides is 11. The molecule has 2 saturated heterocycles. The van der Waals surface area contributed by atoms with Crippen molar-refractivity contribution in [2.45, 2.75) is 134 Å². The summed E-state index contributed by atoms with van der Waals surface area (Å²) in [5.74, 6) is -13.7. The number of primary amides is 3. The molecular weight excluding hydrogens is 955 g/mol. The van der Waals surface area contributed by atoms with Crippen molar-refractivity contribution in [3.8, 4) is 5.75 Å². The molecule has 0 aliphatic carbocycles. The number of hydrogen-bond acceptors (Lipinski definition) is 15. The second kappa shape index (κ2) is 26.9. The largest absolute Gasteiger partial charge is 0.508 e. The first-order valence-corrected chi connectivity index (χ1v) is 24.9. The average molecular weight is 1020 g/mol. The van der Waals surface area contributed by atoms with Crippen molar-refractivity contribution in [3.63, 3.8) is 0 Å². The number of nitrogens with zero attached hydrogens (tertiary/aromatic N) is 1. The fourth-order valence-corrected chi connectivity index (χ4v) is 9.05. The molecule has 394 valence electrons. The van der Waals surface area contributed by atoms with Gasteiger partial charge in [-0.2, -0.15) is 0 Å². The van der Waals surface area contributed by atoms with Gasteiger partial charge in [-0.3, -0.25) is 52.7 Å². The molecule has 2 fully saturated rings. The van der Waals surface area contributed by atoms with Crippen LogP contribution in [-0.2, 0) is 69.0 Å². The summed E-state index contributed by atoms with van der Waals surface area (Å²) in [5.41, 5.74) is 16.4. The summed E-state index contributed by atoms with van der Waals surface area (Å²) in [6.45, 7) is 5.69. The number of benzene rings is 1. The van der Waals surface area contributed by atoms with Crippen LogP contribution in [-0.4, -0.2) is 162 Å². The van der Waals surface area contributed by atoms with Gasteiger partial charge < -0.3 is 69.5 Å². The quantitative estimate of drug-likeness (QED) is 0.0694. The van der Waals surface area contributed by atoms with Gasteiger partial charge in [-0.1, -0.05) is 46.2 Å². The summed E-state index contributed by atoms with van der Waals surface area (Å²) in [5, 5.41) is 37.6. The predicted molar refractivity (Wildman–Crippen MR) is 251 cm³/mol. The summed E-state index contributed by atoms with van der Waals surface area (Å²) in [6, 6.07) is -5.53. The molecule has 2 heterocycles. The van der Waals surface area contributed by atoms with Gasteiger partial charge in [0.05, 0.1) is 30.6 Å². The maximum absolute atomic E-state index is 14.5. The van der Waals surface area contributed by atoms with E-state index in [9.17, 15) is 71.4 Å². The van der Waals surface area contributed by atoms with Gasteiger partial charge in [0.2, 0.25) is 65.0 Å². The van der Waals surface area contributed by atoms with Crippen LogP contribution in [0.5, 0.6) is 5.75 Å². The molecule has 0 unspecified atom stereocenters. The molecule has 11 amide bonds. The molecule has 1 aromatic rings. The average Bonchev–Trinajstić information content (AvgIpc) is 3.69. The molecule has 26 nitrogen and oxygen atoms in total. The highest BCUT2D eigenvalue weighted by atomic mass is 32.2. The number of carbonyl (C=O) groups excluding carboxylic acids is 11. The van der Waals surface area contributed by atoms with Crippen LogP contribution in [0, 0.1) is 11.8 Å². The molecular formula is C44H67N11O15S. The normalized spacial score (nSPS) is 24.7. The maximum atomic E-state index is 14.5. The number of nitrogens with two attached hydrogens (primary N) is 3. The van der Waals surface area contributed by atoms with Gasteiger partial charge in [0.15, 0.2) is 9.84 Å². The van der Waals surface area contributed by atoms with Gasteiger partial charge in [0.1, 0.15) is 48.0 Å². The number of nitrogens with one attached hydrogen (secondary N) is 7. The molecule has 1 aromatic carbocycles. The van der Waals surface area contributed by atoms with Crippen molar-refractivity contribution in [2.24, 2.45) is 29.0 Å². The number of rotatable bonds is 17. The third kappa shape index (κ3) is 19.1. The van der Waals surface area contributed by atoms with Crippen LogP contribution in [0.3, 0.4) is 0 Å². The zero-order valence-corrected chi connectivity index (χ0v) is 40.9. The van der Waals surface area contributed by atoms with Gasteiger partial charge in [-0.05, 0) is 48.8 Å². The number of hydrogen-bond donors (Lipinski definition) is 12. The van der Waals surface area contributed by atoms with Crippen molar-refractivity contribution in [1.82, 2.24) is 42.1 Å². The molecule has 9 atom stereocenters. The number of β-amino-alcohol motifs (C(OH)–C–C–N with tert-alkyl or cyclic N) is 1. The van der Waals surface area contributed by atoms with Crippen LogP contribution in [0.2, 0.25) is 0 Å². The molecule has 0 bridgehead atoms. The molecule has 2 aliphatic heterocycles. The van der Waals surface area contributed by atoms with E-state index in [0.29, 0.717) is 5.56 Å². The fraction of sp³-hybridized carbons (Fsp3) is 0.614. The first-order chi connectivity index (χ1) is 33.2. The van der Waals surface area contributed by atoms with Gasteiger partial charge in [0.25, 0.3) is 0 Å². The standard InChI is InChI=1S/C44H67N11O15S/c1-5-23(4)37-43(67)50-27(10-11-33(45)58)39(63)52-31(19-34(46)59)40(64)51-28(12-14-71(69,70)15-13-36(61)49-30(41(65)54-37)17-24-6-8-25(56)9-7-24)44(68)55-21-26(57)18-32(55)42(66)53-29(16-22(2)3)38(62)48-20-35(47)60/h6-9,22-23,26-32,37,56-57H,5,10-21H2,1-4H3,(H2,45,58)(H2,46,59)(H2,47,60)(H,48,62)(H,49,61)(H,50,67)(H,51,64)(H,52,63)(H,53,66)(H,54,65)/t23-,26+,27-,28-,29-,30+,31-,32-,37-/m0/s1. The van der Waals surface area contributed by atoms with Crippen molar-refractivity contribution < 1.29 is 71.4 Å². The van der Waals surface area contributed by atoms with Crippen molar-refractivity contribution >= 4 is 74.8 Å². The second-order valence-corrected chi connectivity index (χ2v) is 20.5. The highest BCUT2D eigenvalue weighted by Gasteiger charge is 2.44. The van der Waals surface area contributed by atoms with E-state index in [2.05, 4.69) is 37.2 Å². The minimum absolute atomic E-state index is 0.0544. The van der Waals surface area contributed by atoms with E-state index in [1.807, 2.05) is 0 Å². The molecule has 27 heteroatoms. The summed E-state index contributed by atoms with van der Waals surface area (Å²) in [7, 11) is -4.34. The number of likely N-dealkylation sites (tertiary alicyclic amines) is 1. The number of phenols is 1. The highest BCUT2D eigenvalue weighted by molar-refractivity contribution is 7.91. The van der Waals surface area contributed by atoms with E-state index in [0.717, 1.165) is 4.90 Å². The Balaban J connectivity index is 2.12. The number of aliphatic hydroxyl groups excluding tert-OH is 1. The van der Waals surface area contributed by atoms with E-state index >= 15 is 0 Å². The Morgan fingerprint density at radius 2 is 1.42 bits per heavy atom. The number of aliphatic hydroxyl groups is 1. The van der Waals surface area contributed by atoms with Crippen LogP contribution in [0.15, 0.2) is 24.3 Å². The van der Waals surface area contributed by atoms with Crippen molar-refractivity contribution in [3.05, 3.63) is 29.8 Å². The summed E-state index contributed by atoms with van der Waals surface area (Å²) in [6.07, 6.45) is -4.98. The molecule has 71 heavy (non-hydrogen) atoms. The highest BCUT2D eigenvalue weighted by Crippen LogP contribution is 2.22. The molecule has 2 aliphatic rings. The summed E-state index contributed by atoms with van der Waals surface area (Å²) < 4.78 is 27.2. The molecule has 3 rings (SSSR count). The van der Waals surface area contributed by atoms with Crippen LogP contribution >= 0.6 is 0 Å². The van der Waals surface area contributed by atoms with Gasteiger partial charge in [-0.25, -0.2) is 8.42 Å². The van der Waals surface area contributed by atoms with Crippen LogP contribution in [0.1, 0.15) is 84.6 Å². The number of aromatic hydroxyl groups is 1. The number of sulfone groups is 1.